The second-order valence-electron chi connectivity index (χ2n) is 9.31. The van der Waals surface area contributed by atoms with Crippen molar-refractivity contribution in [2.24, 2.45) is 0 Å². The summed E-state index contributed by atoms with van der Waals surface area (Å²) in [4.78, 5) is 33.2. The molecule has 35 heavy (non-hydrogen) atoms. The molecule has 0 saturated carbocycles. The molecule has 0 spiro atoms. The first-order valence-electron chi connectivity index (χ1n) is 11.3. The largest absolute Gasteiger partial charge is 0.349 e. The molecule has 1 N–H and O–H groups in total. The molecule has 4 aromatic rings. The molecule has 2 aromatic heterocycles. The van der Waals surface area contributed by atoms with Crippen LogP contribution >= 0.6 is 11.6 Å². The predicted octanol–water partition coefficient (Wildman–Crippen LogP) is 4.16. The number of carbonyl (C=O) groups excluding carboxylic acids is 2. The van der Waals surface area contributed by atoms with E-state index in [1.807, 2.05) is 51.1 Å². The van der Waals surface area contributed by atoms with E-state index in [0.29, 0.717) is 16.1 Å². The number of pyridine rings is 1. The molecule has 0 unspecified atom stereocenters. The van der Waals surface area contributed by atoms with Crippen LogP contribution in [-0.2, 0) is 22.7 Å². The van der Waals surface area contributed by atoms with Crippen molar-refractivity contribution in [3.8, 4) is 0 Å². The zero-order chi connectivity index (χ0) is 25.0. The minimum atomic E-state index is -0.894. The van der Waals surface area contributed by atoms with Crippen LogP contribution in [0.2, 0.25) is 5.02 Å². The highest BCUT2D eigenvalue weighted by Gasteiger charge is 2.33. The van der Waals surface area contributed by atoms with E-state index in [1.165, 1.54) is 0 Å². The fourth-order valence-corrected chi connectivity index (χ4v) is 3.95. The third-order valence-corrected chi connectivity index (χ3v) is 5.60. The number of halogens is 1. The Morgan fingerprint density at radius 1 is 1.06 bits per heavy atom. The van der Waals surface area contributed by atoms with Crippen molar-refractivity contribution in [2.75, 3.05) is 0 Å². The summed E-state index contributed by atoms with van der Waals surface area (Å²) in [7, 11) is 0. The molecule has 0 radical (unpaired) electrons. The van der Waals surface area contributed by atoms with Gasteiger partial charge in [-0.2, -0.15) is 0 Å². The summed E-state index contributed by atoms with van der Waals surface area (Å²) in [5.74, 6) is -0.575. The molecule has 0 saturated heterocycles. The summed E-state index contributed by atoms with van der Waals surface area (Å²) in [5, 5.41) is 11.9. The van der Waals surface area contributed by atoms with Crippen LogP contribution in [-0.4, -0.2) is 42.2 Å². The maximum absolute atomic E-state index is 13.8. The van der Waals surface area contributed by atoms with Gasteiger partial charge in [0.25, 0.3) is 0 Å². The Kier molecular flexibility index (Phi) is 7.12. The first kappa shape index (κ1) is 24.3. The van der Waals surface area contributed by atoms with Gasteiger partial charge in [0, 0.05) is 29.5 Å². The van der Waals surface area contributed by atoms with Crippen LogP contribution in [0.3, 0.4) is 0 Å². The molecule has 0 aliphatic heterocycles. The molecule has 8 nitrogen and oxygen atoms in total. The van der Waals surface area contributed by atoms with E-state index < -0.39 is 11.6 Å². The molecule has 180 valence electrons. The van der Waals surface area contributed by atoms with E-state index in [0.717, 1.165) is 11.1 Å². The van der Waals surface area contributed by atoms with Crippen LogP contribution in [0, 0.1) is 0 Å². The fraction of sp³-hybridized carbons (Fsp3) is 0.269. The summed E-state index contributed by atoms with van der Waals surface area (Å²) in [5.41, 5.74) is 2.39. The number of aromatic nitrogens is 4. The summed E-state index contributed by atoms with van der Waals surface area (Å²) >= 11 is 6.12. The lowest BCUT2D eigenvalue weighted by molar-refractivity contribution is -0.142. The molecule has 0 bridgehead atoms. The van der Waals surface area contributed by atoms with E-state index in [2.05, 4.69) is 20.6 Å². The Hall–Kier alpha value is -3.78. The minimum absolute atomic E-state index is 0.0757. The number of hydrogen-bond acceptors (Lipinski definition) is 5. The average Bonchev–Trinajstić information content (AvgIpc) is 3.22. The Balaban J connectivity index is 1.75. The SMILES string of the molecule is CC(C)(C)NC(=O)[C@H](c1ccc(Cl)cc1)N(Cc1cccnc1)C(=O)Cn1nnc2ccccc21. The molecule has 0 aliphatic rings. The molecule has 2 heterocycles. The number of amides is 2. The third-order valence-electron chi connectivity index (χ3n) is 5.35. The monoisotopic (exact) mass is 490 g/mol. The summed E-state index contributed by atoms with van der Waals surface area (Å²) in [6.45, 7) is 5.81. The Labute approximate surface area is 208 Å². The Morgan fingerprint density at radius 3 is 2.49 bits per heavy atom. The van der Waals surface area contributed by atoms with Gasteiger partial charge in [0.15, 0.2) is 0 Å². The van der Waals surface area contributed by atoms with Crippen LogP contribution in [0.15, 0.2) is 73.1 Å². The lowest BCUT2D eigenvalue weighted by atomic mass is 10.0. The Bertz CT molecular complexity index is 1320. The van der Waals surface area contributed by atoms with Gasteiger partial charge in [-0.1, -0.05) is 47.1 Å². The first-order chi connectivity index (χ1) is 16.7. The predicted molar refractivity (Wildman–Crippen MR) is 134 cm³/mol. The molecule has 1 atom stereocenters. The van der Waals surface area contributed by atoms with Gasteiger partial charge >= 0.3 is 0 Å². The minimum Gasteiger partial charge on any atom is -0.349 e. The number of para-hydroxylation sites is 1. The molecule has 0 aliphatic carbocycles. The molecular weight excluding hydrogens is 464 g/mol. The Morgan fingerprint density at radius 2 is 1.80 bits per heavy atom. The molecule has 4 rings (SSSR count). The quantitative estimate of drug-likeness (QED) is 0.420. The van der Waals surface area contributed by atoms with Crippen molar-refractivity contribution in [3.63, 3.8) is 0 Å². The maximum atomic E-state index is 13.8. The topological polar surface area (TPSA) is 93.0 Å². The highest BCUT2D eigenvalue weighted by Crippen LogP contribution is 2.26. The van der Waals surface area contributed by atoms with E-state index in [-0.39, 0.29) is 24.9 Å². The summed E-state index contributed by atoms with van der Waals surface area (Å²) in [6, 6.07) is 17.2. The fourth-order valence-electron chi connectivity index (χ4n) is 3.82. The molecule has 2 amide bonds. The van der Waals surface area contributed by atoms with Gasteiger partial charge in [0.05, 0.1) is 5.52 Å². The zero-order valence-electron chi connectivity index (χ0n) is 19.9. The van der Waals surface area contributed by atoms with Crippen molar-refractivity contribution in [3.05, 3.63) is 89.2 Å². The van der Waals surface area contributed by atoms with Crippen LogP contribution in [0.4, 0.5) is 0 Å². The normalized spacial score (nSPS) is 12.3. The van der Waals surface area contributed by atoms with E-state index in [4.69, 9.17) is 11.6 Å². The van der Waals surface area contributed by atoms with Crippen LogP contribution in [0.25, 0.3) is 11.0 Å². The third kappa shape index (κ3) is 6.02. The van der Waals surface area contributed by atoms with Gasteiger partial charge in [-0.15, -0.1) is 5.10 Å². The van der Waals surface area contributed by atoms with Crippen LogP contribution < -0.4 is 5.32 Å². The maximum Gasteiger partial charge on any atom is 0.247 e. The van der Waals surface area contributed by atoms with Crippen LogP contribution in [0.5, 0.6) is 0 Å². The van der Waals surface area contributed by atoms with Crippen molar-refractivity contribution in [1.29, 1.82) is 0 Å². The van der Waals surface area contributed by atoms with Gasteiger partial charge in [0.1, 0.15) is 18.1 Å². The number of nitrogens with zero attached hydrogens (tertiary/aromatic N) is 5. The smallest absolute Gasteiger partial charge is 0.247 e. The highest BCUT2D eigenvalue weighted by atomic mass is 35.5. The highest BCUT2D eigenvalue weighted by molar-refractivity contribution is 6.30. The second kappa shape index (κ2) is 10.2. The van der Waals surface area contributed by atoms with E-state index >= 15 is 0 Å². The van der Waals surface area contributed by atoms with Gasteiger partial charge in [-0.05, 0) is 62.2 Å². The van der Waals surface area contributed by atoms with Gasteiger partial charge < -0.3 is 10.2 Å². The van der Waals surface area contributed by atoms with Gasteiger partial charge in [-0.3, -0.25) is 14.6 Å². The number of rotatable bonds is 7. The van der Waals surface area contributed by atoms with E-state index in [1.54, 1.807) is 52.3 Å². The first-order valence-corrected chi connectivity index (χ1v) is 11.6. The molecular formula is C26H27ClN6O2. The average molecular weight is 491 g/mol. The second-order valence-corrected chi connectivity index (χ2v) is 9.75. The van der Waals surface area contributed by atoms with Crippen molar-refractivity contribution >= 4 is 34.4 Å². The lowest BCUT2D eigenvalue weighted by Gasteiger charge is -2.34. The number of hydrogen-bond donors (Lipinski definition) is 1. The molecule has 9 heteroatoms. The summed E-state index contributed by atoms with van der Waals surface area (Å²) in [6.07, 6.45) is 3.35. The van der Waals surface area contributed by atoms with Crippen LogP contribution in [0.1, 0.15) is 37.9 Å². The number of benzene rings is 2. The van der Waals surface area contributed by atoms with Crippen molar-refractivity contribution < 1.29 is 9.59 Å². The van der Waals surface area contributed by atoms with Gasteiger partial charge in [0.2, 0.25) is 11.8 Å². The van der Waals surface area contributed by atoms with Crippen molar-refractivity contribution in [1.82, 2.24) is 30.2 Å². The number of nitrogens with one attached hydrogen (secondary N) is 1. The lowest BCUT2D eigenvalue weighted by Crippen LogP contribution is -2.49. The van der Waals surface area contributed by atoms with Crippen molar-refractivity contribution in [2.45, 2.75) is 45.4 Å². The zero-order valence-corrected chi connectivity index (χ0v) is 20.6. The van der Waals surface area contributed by atoms with Gasteiger partial charge in [-0.25, -0.2) is 4.68 Å². The summed E-state index contributed by atoms with van der Waals surface area (Å²) < 4.78 is 1.55. The number of carbonyl (C=O) groups is 2. The number of fused-ring (bicyclic) bond motifs is 1. The van der Waals surface area contributed by atoms with E-state index in [9.17, 15) is 9.59 Å². The molecule has 0 fully saturated rings. The standard InChI is InChI=1S/C26H27ClN6O2/c1-26(2,3)29-25(35)24(19-10-12-20(27)13-11-19)32(16-18-7-6-14-28-15-18)23(34)17-33-22-9-5-4-8-21(22)30-31-33/h4-15,24H,16-17H2,1-3H3,(H,29,35)/t24-/m0/s1. The molecule has 2 aromatic carbocycles.